The van der Waals surface area contributed by atoms with E-state index in [9.17, 15) is 14.7 Å². The Morgan fingerprint density at radius 3 is 2.69 bits per heavy atom. The Morgan fingerprint density at radius 1 is 1.24 bits per heavy atom. The molecular weight excluding hydrogens is 382 g/mol. The van der Waals surface area contributed by atoms with Crippen LogP contribution in [0.4, 0.5) is 14.5 Å². The number of carboxylic acid groups (broad SMARTS) is 1. The molecule has 1 aromatic carbocycles. The van der Waals surface area contributed by atoms with E-state index in [4.69, 9.17) is 0 Å². The van der Waals surface area contributed by atoms with Crippen molar-refractivity contribution in [3.05, 3.63) is 57.4 Å². The molecule has 2 aromatic heterocycles. The third-order valence-corrected chi connectivity index (χ3v) is 5.59. The Hall–Kier alpha value is -3.23. The lowest BCUT2D eigenvalue weighted by atomic mass is 10.1. The van der Waals surface area contributed by atoms with Gasteiger partial charge < -0.3 is 19.1 Å². The quantitative estimate of drug-likeness (QED) is 0.731. The number of carboxylic acids is 1. The SMILES string of the molecule is Cc1cn2c(n1)CN(c1c(F)cc3c(=O)c(C(=O)O)cn(C4CC4)c3c1F)CC2. The van der Waals surface area contributed by atoms with Gasteiger partial charge in [0.1, 0.15) is 22.9 Å². The Bertz CT molecular complexity index is 1240. The fraction of sp³-hybridized carbons (Fsp3) is 0.350. The summed E-state index contributed by atoms with van der Waals surface area (Å²) < 4.78 is 34.1. The highest BCUT2D eigenvalue weighted by Crippen LogP contribution is 2.40. The first-order chi connectivity index (χ1) is 13.8. The first kappa shape index (κ1) is 17.8. The number of carbonyl (C=O) groups is 1. The molecule has 9 heteroatoms. The molecule has 0 spiro atoms. The van der Waals surface area contributed by atoms with Crippen LogP contribution in [0, 0.1) is 18.6 Å². The van der Waals surface area contributed by atoms with Gasteiger partial charge in [0.05, 0.1) is 23.1 Å². The van der Waals surface area contributed by atoms with E-state index >= 15 is 8.78 Å². The molecule has 2 aliphatic rings. The lowest BCUT2D eigenvalue weighted by molar-refractivity contribution is 0.0694. The molecule has 0 atom stereocenters. The zero-order valence-electron chi connectivity index (χ0n) is 15.7. The van der Waals surface area contributed by atoms with Crippen LogP contribution in [0.1, 0.15) is 40.8 Å². The van der Waals surface area contributed by atoms with Crippen LogP contribution in [0.2, 0.25) is 0 Å². The Balaban J connectivity index is 1.72. The highest BCUT2D eigenvalue weighted by Gasteiger charge is 2.31. The van der Waals surface area contributed by atoms with Crippen LogP contribution in [0.5, 0.6) is 0 Å². The first-order valence-electron chi connectivity index (χ1n) is 9.43. The van der Waals surface area contributed by atoms with E-state index in [1.807, 2.05) is 17.7 Å². The molecule has 1 N–H and O–H groups in total. The number of pyridine rings is 1. The maximum atomic E-state index is 15.6. The average molecular weight is 400 g/mol. The molecule has 0 radical (unpaired) electrons. The van der Waals surface area contributed by atoms with Gasteiger partial charge in [-0.1, -0.05) is 0 Å². The standard InChI is InChI=1S/C20H18F2N4O3/c1-10-7-24-4-5-25(9-15(24)23-10)18-14(21)6-12-17(16(18)22)26(11-2-3-11)8-13(19(12)27)20(28)29/h6-8,11H,2-5,9H2,1H3,(H,28,29). The van der Waals surface area contributed by atoms with Crippen LogP contribution in [0.25, 0.3) is 10.9 Å². The van der Waals surface area contributed by atoms with Crippen molar-refractivity contribution in [3.63, 3.8) is 0 Å². The summed E-state index contributed by atoms with van der Waals surface area (Å²) in [7, 11) is 0. The monoisotopic (exact) mass is 400 g/mol. The van der Waals surface area contributed by atoms with Crippen LogP contribution in [0.3, 0.4) is 0 Å². The van der Waals surface area contributed by atoms with Gasteiger partial charge in [0, 0.05) is 31.5 Å². The van der Waals surface area contributed by atoms with E-state index in [0.717, 1.165) is 24.6 Å². The third-order valence-electron chi connectivity index (χ3n) is 5.59. The van der Waals surface area contributed by atoms with E-state index in [1.165, 1.54) is 10.8 Å². The van der Waals surface area contributed by atoms with Crippen LogP contribution in [-0.2, 0) is 13.1 Å². The van der Waals surface area contributed by atoms with Crippen molar-refractivity contribution in [2.24, 2.45) is 0 Å². The zero-order valence-corrected chi connectivity index (χ0v) is 15.7. The van der Waals surface area contributed by atoms with E-state index < -0.39 is 28.6 Å². The van der Waals surface area contributed by atoms with Crippen LogP contribution in [-0.4, -0.2) is 31.7 Å². The summed E-state index contributed by atoms with van der Waals surface area (Å²) in [5.74, 6) is -2.41. The van der Waals surface area contributed by atoms with Crippen LogP contribution < -0.4 is 10.3 Å². The minimum absolute atomic E-state index is 0.0380. The summed E-state index contributed by atoms with van der Waals surface area (Å²) in [6.45, 7) is 3.04. The highest BCUT2D eigenvalue weighted by atomic mass is 19.1. The number of halogens is 2. The molecule has 1 aliphatic carbocycles. The Labute approximate surface area is 163 Å². The van der Waals surface area contributed by atoms with Crippen molar-refractivity contribution in [1.29, 1.82) is 0 Å². The third kappa shape index (κ3) is 2.72. The van der Waals surface area contributed by atoms with E-state index in [1.54, 1.807) is 4.90 Å². The molecule has 0 saturated heterocycles. The number of hydrogen-bond donors (Lipinski definition) is 1. The van der Waals surface area contributed by atoms with Crippen molar-refractivity contribution < 1.29 is 18.7 Å². The van der Waals surface area contributed by atoms with Gasteiger partial charge in [0.2, 0.25) is 5.43 Å². The minimum atomic E-state index is -1.41. The average Bonchev–Trinajstić information content (AvgIpc) is 3.43. The topological polar surface area (TPSA) is 80.4 Å². The largest absolute Gasteiger partial charge is 0.477 e. The lowest BCUT2D eigenvalue weighted by Crippen LogP contribution is -2.35. The van der Waals surface area contributed by atoms with E-state index in [0.29, 0.717) is 18.9 Å². The minimum Gasteiger partial charge on any atom is -0.477 e. The predicted molar refractivity (Wildman–Crippen MR) is 101 cm³/mol. The maximum Gasteiger partial charge on any atom is 0.341 e. The lowest BCUT2D eigenvalue weighted by Gasteiger charge is -2.30. The molecule has 1 aliphatic heterocycles. The molecule has 29 heavy (non-hydrogen) atoms. The fourth-order valence-corrected chi connectivity index (χ4v) is 4.10. The van der Waals surface area contributed by atoms with Crippen molar-refractivity contribution >= 4 is 22.6 Å². The van der Waals surface area contributed by atoms with Gasteiger partial charge in [0.15, 0.2) is 5.82 Å². The molecule has 0 amide bonds. The summed E-state index contributed by atoms with van der Waals surface area (Å²) in [5, 5.41) is 9.08. The fourth-order valence-electron chi connectivity index (χ4n) is 4.10. The van der Waals surface area contributed by atoms with Gasteiger partial charge in [-0.15, -0.1) is 0 Å². The molecule has 0 bridgehead atoms. The first-order valence-corrected chi connectivity index (χ1v) is 9.43. The van der Waals surface area contributed by atoms with E-state index in [2.05, 4.69) is 4.98 Å². The smallest absolute Gasteiger partial charge is 0.341 e. The number of aromatic nitrogens is 3. The molecule has 5 rings (SSSR count). The summed E-state index contributed by atoms with van der Waals surface area (Å²) in [6.07, 6.45) is 4.59. The summed E-state index contributed by atoms with van der Waals surface area (Å²) in [5.41, 5.74) is -0.764. The van der Waals surface area contributed by atoms with Gasteiger partial charge in [-0.2, -0.15) is 0 Å². The number of benzene rings is 1. The van der Waals surface area contributed by atoms with Gasteiger partial charge >= 0.3 is 5.97 Å². The van der Waals surface area contributed by atoms with Crippen molar-refractivity contribution in [1.82, 2.24) is 14.1 Å². The number of nitrogens with zero attached hydrogens (tertiary/aromatic N) is 4. The second-order valence-electron chi connectivity index (χ2n) is 7.65. The number of aromatic carboxylic acids is 1. The van der Waals surface area contributed by atoms with Crippen LogP contribution >= 0.6 is 0 Å². The molecule has 7 nitrogen and oxygen atoms in total. The summed E-state index contributed by atoms with van der Waals surface area (Å²) >= 11 is 0. The number of anilines is 1. The molecule has 1 fully saturated rings. The molecule has 3 heterocycles. The van der Waals surface area contributed by atoms with Crippen molar-refractivity contribution in [3.8, 4) is 0 Å². The zero-order chi connectivity index (χ0) is 20.4. The Kier molecular flexibility index (Phi) is 3.77. The number of imidazole rings is 1. The second-order valence-corrected chi connectivity index (χ2v) is 7.65. The van der Waals surface area contributed by atoms with Gasteiger partial charge in [0.25, 0.3) is 0 Å². The maximum absolute atomic E-state index is 15.6. The Morgan fingerprint density at radius 2 is 2.00 bits per heavy atom. The van der Waals surface area contributed by atoms with Gasteiger partial charge in [-0.3, -0.25) is 4.79 Å². The predicted octanol–water partition coefficient (Wildman–Crippen LogP) is 2.84. The number of hydrogen-bond acceptors (Lipinski definition) is 4. The van der Waals surface area contributed by atoms with Crippen molar-refractivity contribution in [2.75, 3.05) is 11.4 Å². The number of rotatable bonds is 3. The van der Waals surface area contributed by atoms with Crippen molar-refractivity contribution in [2.45, 2.75) is 38.9 Å². The molecule has 0 unspecified atom stereocenters. The molecule has 1 saturated carbocycles. The number of fused-ring (bicyclic) bond motifs is 2. The van der Waals surface area contributed by atoms with E-state index in [-0.39, 0.29) is 29.2 Å². The second kappa shape index (κ2) is 6.13. The van der Waals surface area contributed by atoms with Crippen LogP contribution in [0.15, 0.2) is 23.3 Å². The molecule has 3 aromatic rings. The number of aryl methyl sites for hydroxylation is 1. The molecular formula is C20H18F2N4O3. The summed E-state index contributed by atoms with van der Waals surface area (Å²) in [4.78, 5) is 30.0. The van der Waals surface area contributed by atoms with Gasteiger partial charge in [-0.05, 0) is 25.8 Å². The normalized spacial score (nSPS) is 16.3. The summed E-state index contributed by atoms with van der Waals surface area (Å²) in [6, 6.07) is 0.875. The highest BCUT2D eigenvalue weighted by molar-refractivity contribution is 5.94. The molecule has 150 valence electrons. The van der Waals surface area contributed by atoms with Gasteiger partial charge in [-0.25, -0.2) is 18.6 Å².